The molecule has 0 bridgehead atoms. The lowest BCUT2D eigenvalue weighted by Gasteiger charge is -2.11. The van der Waals surface area contributed by atoms with Gasteiger partial charge < -0.3 is 4.57 Å². The summed E-state index contributed by atoms with van der Waals surface area (Å²) in [5.41, 5.74) is 2.96. The van der Waals surface area contributed by atoms with Crippen molar-refractivity contribution in [2.24, 2.45) is 0 Å². The minimum absolute atomic E-state index is 0.00462. The number of sulfonamides is 1. The standard InChI is InChI=1S/C26H21Cl2N3O3S/c1-18-29-26(19-8-4-2-5-9-19)24(31(18)17-20-12-13-21(27)16-23(20)28)14-15-25(32)30-35(33,34)22-10-6-3-7-11-22/h2-16H,17H2,1H3,(H,30,32)/b15-14+. The molecule has 0 radical (unpaired) electrons. The summed E-state index contributed by atoms with van der Waals surface area (Å²) in [6.07, 6.45) is 2.74. The number of halogens is 2. The molecule has 4 rings (SSSR count). The number of aromatic nitrogens is 2. The van der Waals surface area contributed by atoms with Crippen LogP contribution in [0.15, 0.2) is 89.8 Å². The van der Waals surface area contributed by atoms with Crippen molar-refractivity contribution >= 4 is 45.2 Å². The Morgan fingerprint density at radius 3 is 2.31 bits per heavy atom. The number of hydrogen-bond acceptors (Lipinski definition) is 4. The van der Waals surface area contributed by atoms with Crippen LogP contribution in [0.1, 0.15) is 17.1 Å². The molecule has 1 N–H and O–H groups in total. The van der Waals surface area contributed by atoms with Gasteiger partial charge in [-0.15, -0.1) is 0 Å². The van der Waals surface area contributed by atoms with Crippen molar-refractivity contribution < 1.29 is 13.2 Å². The lowest BCUT2D eigenvalue weighted by Crippen LogP contribution is -2.28. The SMILES string of the molecule is Cc1nc(-c2ccccc2)c(/C=C/C(=O)NS(=O)(=O)c2ccccc2)n1Cc1ccc(Cl)cc1Cl. The van der Waals surface area contributed by atoms with Gasteiger partial charge >= 0.3 is 0 Å². The van der Waals surface area contributed by atoms with Gasteiger partial charge in [0.15, 0.2) is 0 Å². The monoisotopic (exact) mass is 525 g/mol. The van der Waals surface area contributed by atoms with Crippen LogP contribution in [0.5, 0.6) is 0 Å². The summed E-state index contributed by atoms with van der Waals surface area (Å²) in [6, 6.07) is 22.5. The summed E-state index contributed by atoms with van der Waals surface area (Å²) >= 11 is 12.4. The third-order valence-corrected chi connectivity index (χ3v) is 7.22. The quantitative estimate of drug-likeness (QED) is 0.312. The first kappa shape index (κ1) is 24.7. The van der Waals surface area contributed by atoms with Gasteiger partial charge in [0, 0.05) is 21.7 Å². The highest BCUT2D eigenvalue weighted by Gasteiger charge is 2.18. The van der Waals surface area contributed by atoms with E-state index in [1.165, 1.54) is 18.2 Å². The number of benzene rings is 3. The Kier molecular flexibility index (Phi) is 7.40. The van der Waals surface area contributed by atoms with Gasteiger partial charge in [-0.1, -0.05) is 77.8 Å². The van der Waals surface area contributed by atoms with Crippen LogP contribution in [0, 0.1) is 6.92 Å². The topological polar surface area (TPSA) is 81.1 Å². The Morgan fingerprint density at radius 2 is 1.66 bits per heavy atom. The molecule has 1 amide bonds. The highest BCUT2D eigenvalue weighted by Crippen LogP contribution is 2.28. The fourth-order valence-corrected chi connectivity index (χ4v) is 4.99. The van der Waals surface area contributed by atoms with E-state index < -0.39 is 15.9 Å². The van der Waals surface area contributed by atoms with E-state index in [2.05, 4.69) is 4.72 Å². The van der Waals surface area contributed by atoms with Crippen molar-refractivity contribution in [3.8, 4) is 11.3 Å². The summed E-state index contributed by atoms with van der Waals surface area (Å²) in [7, 11) is -3.99. The summed E-state index contributed by atoms with van der Waals surface area (Å²) < 4.78 is 29.0. The number of carbonyl (C=O) groups is 1. The smallest absolute Gasteiger partial charge is 0.264 e. The lowest BCUT2D eigenvalue weighted by atomic mass is 10.1. The predicted octanol–water partition coefficient (Wildman–Crippen LogP) is 5.73. The molecule has 0 saturated carbocycles. The molecular formula is C26H21Cl2N3O3S. The van der Waals surface area contributed by atoms with Crippen molar-refractivity contribution in [1.29, 1.82) is 0 Å². The molecule has 0 unspecified atom stereocenters. The minimum Gasteiger partial charge on any atom is -0.324 e. The molecule has 0 aliphatic heterocycles. The number of nitrogens with zero attached hydrogens (tertiary/aromatic N) is 2. The van der Waals surface area contributed by atoms with Gasteiger partial charge in [-0.3, -0.25) is 4.79 Å². The second-order valence-corrected chi connectivity index (χ2v) is 10.2. The first-order valence-corrected chi connectivity index (χ1v) is 12.8. The molecule has 3 aromatic carbocycles. The second kappa shape index (κ2) is 10.5. The largest absolute Gasteiger partial charge is 0.324 e. The van der Waals surface area contributed by atoms with Crippen LogP contribution in [-0.2, 0) is 21.4 Å². The Labute approximate surface area is 213 Å². The van der Waals surface area contributed by atoms with Gasteiger partial charge in [-0.2, -0.15) is 0 Å². The fourth-order valence-electron chi connectivity index (χ4n) is 3.56. The molecule has 6 nitrogen and oxygen atoms in total. The van der Waals surface area contributed by atoms with Crippen molar-refractivity contribution in [2.75, 3.05) is 0 Å². The van der Waals surface area contributed by atoms with Crippen LogP contribution in [0.3, 0.4) is 0 Å². The third-order valence-electron chi connectivity index (χ3n) is 5.27. The van der Waals surface area contributed by atoms with E-state index in [4.69, 9.17) is 28.2 Å². The average molecular weight is 526 g/mol. The van der Waals surface area contributed by atoms with Gasteiger partial charge in [0.1, 0.15) is 5.82 Å². The number of amides is 1. The number of imidazole rings is 1. The summed E-state index contributed by atoms with van der Waals surface area (Å²) in [4.78, 5) is 17.3. The molecule has 0 fully saturated rings. The number of carbonyl (C=O) groups excluding carboxylic acids is 1. The fraction of sp³-hybridized carbons (Fsp3) is 0.0769. The number of nitrogens with one attached hydrogen (secondary N) is 1. The molecule has 0 aliphatic rings. The van der Waals surface area contributed by atoms with Crippen LogP contribution in [0.25, 0.3) is 17.3 Å². The normalized spacial score (nSPS) is 11.6. The van der Waals surface area contributed by atoms with Gasteiger partial charge in [0.25, 0.3) is 15.9 Å². The maximum Gasteiger partial charge on any atom is 0.264 e. The van der Waals surface area contributed by atoms with Crippen LogP contribution < -0.4 is 4.72 Å². The number of aryl methyl sites for hydroxylation is 1. The first-order valence-electron chi connectivity index (χ1n) is 10.6. The van der Waals surface area contributed by atoms with E-state index in [0.717, 1.165) is 11.1 Å². The van der Waals surface area contributed by atoms with E-state index >= 15 is 0 Å². The molecule has 0 saturated heterocycles. The Hall–Kier alpha value is -3.39. The zero-order valence-electron chi connectivity index (χ0n) is 18.7. The van der Waals surface area contributed by atoms with E-state index in [1.54, 1.807) is 36.4 Å². The van der Waals surface area contributed by atoms with Crippen molar-refractivity contribution in [1.82, 2.24) is 14.3 Å². The molecule has 9 heteroatoms. The summed E-state index contributed by atoms with van der Waals surface area (Å²) in [5.74, 6) is -0.0744. The molecule has 0 atom stereocenters. The second-order valence-electron chi connectivity index (χ2n) is 7.70. The Bertz CT molecular complexity index is 1500. The van der Waals surface area contributed by atoms with E-state index in [1.807, 2.05) is 47.9 Å². The van der Waals surface area contributed by atoms with Crippen molar-refractivity contribution in [3.63, 3.8) is 0 Å². The molecule has 35 heavy (non-hydrogen) atoms. The lowest BCUT2D eigenvalue weighted by molar-refractivity contribution is -0.114. The van der Waals surface area contributed by atoms with E-state index in [0.29, 0.717) is 33.8 Å². The highest BCUT2D eigenvalue weighted by molar-refractivity contribution is 7.90. The van der Waals surface area contributed by atoms with Crippen molar-refractivity contribution in [2.45, 2.75) is 18.4 Å². The Morgan fingerprint density at radius 1 is 1.00 bits per heavy atom. The Balaban J connectivity index is 1.70. The summed E-state index contributed by atoms with van der Waals surface area (Å²) in [5, 5.41) is 1.04. The molecule has 0 spiro atoms. The summed E-state index contributed by atoms with van der Waals surface area (Å²) in [6.45, 7) is 2.23. The molecular weight excluding hydrogens is 505 g/mol. The third kappa shape index (κ3) is 5.82. The maximum absolute atomic E-state index is 12.6. The zero-order chi connectivity index (χ0) is 25.0. The highest BCUT2D eigenvalue weighted by atomic mass is 35.5. The molecule has 1 heterocycles. The van der Waals surface area contributed by atoms with E-state index in [9.17, 15) is 13.2 Å². The molecule has 4 aromatic rings. The molecule has 1 aromatic heterocycles. The van der Waals surface area contributed by atoms with Crippen LogP contribution >= 0.6 is 23.2 Å². The van der Waals surface area contributed by atoms with Gasteiger partial charge in [-0.25, -0.2) is 18.1 Å². The molecule has 0 aliphatic carbocycles. The number of rotatable bonds is 7. The van der Waals surface area contributed by atoms with Gasteiger partial charge in [0.2, 0.25) is 0 Å². The van der Waals surface area contributed by atoms with E-state index in [-0.39, 0.29) is 4.90 Å². The minimum atomic E-state index is -3.99. The van der Waals surface area contributed by atoms with Crippen LogP contribution in [0.2, 0.25) is 10.0 Å². The number of hydrogen-bond donors (Lipinski definition) is 1. The van der Waals surface area contributed by atoms with Gasteiger partial charge in [-0.05, 0) is 42.8 Å². The van der Waals surface area contributed by atoms with Crippen molar-refractivity contribution in [3.05, 3.63) is 112 Å². The average Bonchev–Trinajstić information content (AvgIpc) is 3.15. The maximum atomic E-state index is 12.6. The first-order chi connectivity index (χ1) is 16.7. The predicted molar refractivity (Wildman–Crippen MR) is 139 cm³/mol. The van der Waals surface area contributed by atoms with Gasteiger partial charge in [0.05, 0.1) is 22.8 Å². The van der Waals surface area contributed by atoms with Crippen LogP contribution in [-0.4, -0.2) is 23.9 Å². The van der Waals surface area contributed by atoms with Crippen LogP contribution in [0.4, 0.5) is 0 Å². The molecule has 178 valence electrons. The zero-order valence-corrected chi connectivity index (χ0v) is 21.0.